The molecule has 3 aromatic heterocycles. The van der Waals surface area contributed by atoms with Crippen LogP contribution in [0.15, 0.2) is 53.3 Å². The second-order valence-electron chi connectivity index (χ2n) is 8.47. The molecule has 2 unspecified atom stereocenters. The van der Waals surface area contributed by atoms with E-state index in [1.165, 1.54) is 12.0 Å². The van der Waals surface area contributed by atoms with Crippen molar-refractivity contribution in [3.63, 3.8) is 0 Å². The van der Waals surface area contributed by atoms with Crippen LogP contribution >= 0.6 is 0 Å². The Hall–Kier alpha value is -2.09. The first-order valence-corrected chi connectivity index (χ1v) is 10.5. The molecule has 6 rings (SSSR count). The monoisotopic (exact) mass is 488 g/mol. The zero-order chi connectivity index (χ0) is 20.3. The van der Waals surface area contributed by atoms with Gasteiger partial charge in [0.2, 0.25) is 11.8 Å². The van der Waals surface area contributed by atoms with Crippen molar-refractivity contribution in [3.8, 4) is 11.1 Å². The van der Waals surface area contributed by atoms with Gasteiger partial charge in [-0.3, -0.25) is 0 Å². The smallest absolute Gasteiger partial charge is 0.235 e. The van der Waals surface area contributed by atoms with Gasteiger partial charge in [-0.05, 0) is 61.9 Å². The van der Waals surface area contributed by atoms with Gasteiger partial charge in [-0.25, -0.2) is 4.98 Å². The van der Waals surface area contributed by atoms with Crippen LogP contribution in [-0.4, -0.2) is 30.6 Å². The van der Waals surface area contributed by atoms with E-state index in [0.717, 1.165) is 41.7 Å². The van der Waals surface area contributed by atoms with Crippen molar-refractivity contribution in [3.05, 3.63) is 71.7 Å². The molecule has 7 nitrogen and oxygen atoms in total. The number of benzene rings is 1. The molecule has 1 saturated carbocycles. The summed E-state index contributed by atoms with van der Waals surface area (Å²) in [6.07, 6.45) is 10.4. The largest absolute Gasteiger partial charge is 0.619 e. The van der Waals surface area contributed by atoms with Crippen LogP contribution in [0.3, 0.4) is 0 Å². The molecule has 2 bridgehead atoms. The molecule has 31 heavy (non-hydrogen) atoms. The van der Waals surface area contributed by atoms with Crippen LogP contribution in [0.1, 0.15) is 43.0 Å². The first kappa shape index (κ1) is 20.8. The summed E-state index contributed by atoms with van der Waals surface area (Å²) in [6, 6.07) is 10.8. The Morgan fingerprint density at radius 1 is 1.19 bits per heavy atom. The average molecular weight is 488 g/mol. The molecule has 8 heteroatoms. The molecule has 1 saturated heterocycles. The van der Waals surface area contributed by atoms with Crippen molar-refractivity contribution < 1.29 is 37.1 Å². The van der Waals surface area contributed by atoms with E-state index in [9.17, 15) is 0 Å². The molecule has 0 N–H and O–H groups in total. The minimum atomic E-state index is -0.249. The summed E-state index contributed by atoms with van der Waals surface area (Å²) in [5.74, 6) is 1.31. The summed E-state index contributed by atoms with van der Waals surface area (Å²) >= 11 is 0. The zero-order valence-corrected chi connectivity index (χ0v) is 20.5. The number of piperidine rings is 1. The summed E-state index contributed by atoms with van der Waals surface area (Å²) in [6.45, 7) is 3.97. The fraction of sp³-hybridized carbons (Fsp3) is 0.348. The van der Waals surface area contributed by atoms with Crippen LogP contribution in [0.25, 0.3) is 22.2 Å². The van der Waals surface area contributed by atoms with E-state index in [0.29, 0.717) is 17.8 Å². The SMILES string of the molecule is Cc1nnc(C23CCCC(C2)N3[N-]c2ccc(C)c(-c3cnc4cccn4c3)c2)o1.[Y]. The Morgan fingerprint density at radius 3 is 2.90 bits per heavy atom. The summed E-state index contributed by atoms with van der Waals surface area (Å²) in [5.41, 5.74) is 10.1. The van der Waals surface area contributed by atoms with E-state index in [1.54, 1.807) is 0 Å². The van der Waals surface area contributed by atoms with Crippen molar-refractivity contribution in [2.24, 2.45) is 0 Å². The van der Waals surface area contributed by atoms with E-state index in [-0.39, 0.29) is 38.2 Å². The Labute approximate surface area is 206 Å². The van der Waals surface area contributed by atoms with Gasteiger partial charge in [-0.2, -0.15) is 0 Å². The van der Waals surface area contributed by atoms with Crippen LogP contribution < -0.4 is 0 Å². The summed E-state index contributed by atoms with van der Waals surface area (Å²) in [7, 11) is 0. The van der Waals surface area contributed by atoms with Gasteiger partial charge in [-0.15, -0.1) is 15.9 Å². The molecule has 0 spiro atoms. The first-order valence-electron chi connectivity index (χ1n) is 10.5. The fourth-order valence-electron chi connectivity index (χ4n) is 5.00. The molecule has 0 amide bonds. The second kappa shape index (κ2) is 7.80. The van der Waals surface area contributed by atoms with Gasteiger partial charge < -0.3 is 19.3 Å². The van der Waals surface area contributed by atoms with Gasteiger partial charge in [0.25, 0.3) is 0 Å². The van der Waals surface area contributed by atoms with Gasteiger partial charge in [-0.1, -0.05) is 18.2 Å². The number of aromatic nitrogens is 4. The molecular formula is C23H23N6OY-. The van der Waals surface area contributed by atoms with Gasteiger partial charge >= 0.3 is 0 Å². The predicted octanol–water partition coefficient (Wildman–Crippen LogP) is 5.07. The molecule has 1 aliphatic carbocycles. The van der Waals surface area contributed by atoms with Gasteiger partial charge in [0.15, 0.2) is 0 Å². The Bertz CT molecular complexity index is 1250. The number of rotatable bonds is 4. The number of hydrogen-bond donors (Lipinski definition) is 0. The fourth-order valence-corrected chi connectivity index (χ4v) is 5.00. The number of nitrogens with zero attached hydrogens (tertiary/aromatic N) is 6. The maximum atomic E-state index is 5.84. The Morgan fingerprint density at radius 2 is 2.10 bits per heavy atom. The normalized spacial score (nSPS) is 22.7. The van der Waals surface area contributed by atoms with Crippen LogP contribution in [0.2, 0.25) is 0 Å². The number of hydrogen-bond acceptors (Lipinski definition) is 5. The molecule has 155 valence electrons. The molecule has 4 heterocycles. The molecule has 2 aliphatic rings. The average Bonchev–Trinajstić information content (AvgIpc) is 3.41. The van der Waals surface area contributed by atoms with Crippen LogP contribution in [0.5, 0.6) is 0 Å². The minimum Gasteiger partial charge on any atom is -0.619 e. The van der Waals surface area contributed by atoms with Crippen LogP contribution in [0, 0.1) is 13.8 Å². The van der Waals surface area contributed by atoms with E-state index < -0.39 is 0 Å². The van der Waals surface area contributed by atoms with Crippen molar-refractivity contribution in [2.75, 3.05) is 0 Å². The summed E-state index contributed by atoms with van der Waals surface area (Å²) < 4.78 is 7.89. The Kier molecular flexibility index (Phi) is 5.23. The topological polar surface area (TPSA) is 73.6 Å². The maximum absolute atomic E-state index is 5.84. The van der Waals surface area contributed by atoms with E-state index in [2.05, 4.69) is 51.5 Å². The standard InChI is InChI=1S/C23H23N6O.Y/c1-15-7-8-18(11-20(15)17-13-24-21-6-4-10-28(21)14-17)27-29-19-5-3-9-23(29,12-19)22-26-25-16(2)30-22;/h4,6-8,10-11,13-14,19H,3,5,9,12H2,1-2H3;/q-1;. The quantitative estimate of drug-likeness (QED) is 0.401. The molecular weight excluding hydrogens is 465 g/mol. The third-order valence-corrected chi connectivity index (χ3v) is 6.54. The first-order chi connectivity index (χ1) is 14.6. The van der Waals surface area contributed by atoms with E-state index in [4.69, 9.17) is 9.84 Å². The van der Waals surface area contributed by atoms with E-state index in [1.807, 2.05) is 35.9 Å². The molecule has 2 fully saturated rings. The van der Waals surface area contributed by atoms with Crippen LogP contribution in [0.4, 0.5) is 5.69 Å². The number of aryl methyl sites for hydroxylation is 2. The van der Waals surface area contributed by atoms with Crippen LogP contribution in [-0.2, 0) is 38.2 Å². The summed E-state index contributed by atoms with van der Waals surface area (Å²) in [5, 5.41) is 10.6. The third-order valence-electron chi connectivity index (χ3n) is 6.54. The van der Waals surface area contributed by atoms with Gasteiger partial charge in [0, 0.05) is 63.8 Å². The molecule has 1 radical (unpaired) electrons. The molecule has 2 atom stereocenters. The Balaban J connectivity index is 0.00000204. The molecule has 1 aromatic carbocycles. The summed E-state index contributed by atoms with van der Waals surface area (Å²) in [4.78, 5) is 4.57. The van der Waals surface area contributed by atoms with Gasteiger partial charge in [0.05, 0.1) is 5.54 Å². The van der Waals surface area contributed by atoms with Crippen molar-refractivity contribution >= 4 is 11.3 Å². The van der Waals surface area contributed by atoms with Crippen molar-refractivity contribution in [1.82, 2.24) is 24.6 Å². The zero-order valence-electron chi connectivity index (χ0n) is 17.7. The molecule has 4 aromatic rings. The van der Waals surface area contributed by atoms with Crippen molar-refractivity contribution in [1.29, 1.82) is 0 Å². The maximum Gasteiger partial charge on any atom is 0.235 e. The minimum absolute atomic E-state index is 0. The van der Waals surface area contributed by atoms with Gasteiger partial charge in [0.1, 0.15) is 5.65 Å². The molecule has 1 aliphatic heterocycles. The number of fused-ring (bicyclic) bond motifs is 3. The van der Waals surface area contributed by atoms with Crippen molar-refractivity contribution in [2.45, 2.75) is 51.1 Å². The second-order valence-corrected chi connectivity index (χ2v) is 8.47. The predicted molar refractivity (Wildman–Crippen MR) is 113 cm³/mol. The third kappa shape index (κ3) is 3.34. The van der Waals surface area contributed by atoms with E-state index >= 15 is 0 Å².